The number of piperidine rings is 1. The molecule has 1 aromatic carbocycles. The lowest BCUT2D eigenvalue weighted by atomic mass is 9.92. The fourth-order valence-corrected chi connectivity index (χ4v) is 5.64. The zero-order valence-corrected chi connectivity index (χ0v) is 25.1. The molecule has 12 heteroatoms. The Kier molecular flexibility index (Phi) is 12.3. The molecule has 4 N–H and O–H groups in total. The highest BCUT2D eigenvalue weighted by atomic mass is 19.1. The first-order chi connectivity index (χ1) is 20.9. The van der Waals surface area contributed by atoms with Crippen LogP contribution in [0.15, 0.2) is 30.6 Å². The van der Waals surface area contributed by atoms with Crippen LogP contribution in [-0.4, -0.2) is 107 Å². The number of aromatic nitrogens is 2. The number of carbonyl (C=O) groups excluding carboxylic acids is 1. The average Bonchev–Trinajstić information content (AvgIpc) is 3.52. The first-order valence-corrected chi connectivity index (χ1v) is 15.3. The normalized spacial score (nSPS) is 17.8. The minimum atomic E-state index is -1.14. The average molecular weight is 604 g/mol. The third-order valence-corrected chi connectivity index (χ3v) is 8.53. The summed E-state index contributed by atoms with van der Waals surface area (Å²) in [5.74, 6) is 2.01. The first-order valence-electron chi connectivity index (χ1n) is 15.3. The van der Waals surface area contributed by atoms with E-state index in [1.807, 2.05) is 6.92 Å². The SMILES string of the molecule is CCOc1cnc(N2CCC(CCCOc3ccc(CC(=O)N4CC[C@@H](CNC(CO)(CO)CO)C4)c(F)c3)CC2)nc1. The van der Waals surface area contributed by atoms with Crippen LogP contribution >= 0.6 is 0 Å². The molecular weight excluding hydrogens is 557 g/mol. The topological polar surface area (TPSA) is 141 Å². The summed E-state index contributed by atoms with van der Waals surface area (Å²) in [5.41, 5.74) is -0.808. The molecule has 0 unspecified atom stereocenters. The lowest BCUT2D eigenvalue weighted by molar-refractivity contribution is -0.129. The molecule has 1 aromatic heterocycles. The van der Waals surface area contributed by atoms with Crippen LogP contribution < -0.4 is 19.7 Å². The number of anilines is 1. The van der Waals surface area contributed by atoms with Gasteiger partial charge in [0, 0.05) is 38.8 Å². The first kappa shape index (κ1) is 32.8. The molecule has 2 aliphatic heterocycles. The Balaban J connectivity index is 1.13. The van der Waals surface area contributed by atoms with E-state index in [4.69, 9.17) is 9.47 Å². The Hall–Kier alpha value is -3.06. The summed E-state index contributed by atoms with van der Waals surface area (Å²) >= 11 is 0. The van der Waals surface area contributed by atoms with Crippen LogP contribution in [0.4, 0.5) is 10.3 Å². The van der Waals surface area contributed by atoms with Crippen LogP contribution in [0.3, 0.4) is 0 Å². The van der Waals surface area contributed by atoms with Gasteiger partial charge >= 0.3 is 0 Å². The fraction of sp³-hybridized carbons (Fsp3) is 0.645. The van der Waals surface area contributed by atoms with Crippen molar-refractivity contribution in [3.63, 3.8) is 0 Å². The zero-order chi connectivity index (χ0) is 30.7. The van der Waals surface area contributed by atoms with Gasteiger partial charge in [0.15, 0.2) is 5.75 Å². The molecule has 2 aromatic rings. The van der Waals surface area contributed by atoms with Gasteiger partial charge in [-0.2, -0.15) is 0 Å². The molecule has 2 saturated heterocycles. The monoisotopic (exact) mass is 603 g/mol. The number of nitrogens with zero attached hydrogens (tertiary/aromatic N) is 4. The number of halogens is 1. The number of carbonyl (C=O) groups is 1. The van der Waals surface area contributed by atoms with Crippen molar-refractivity contribution in [2.45, 2.75) is 51.0 Å². The number of aliphatic hydroxyl groups is 3. The van der Waals surface area contributed by atoms with Crippen LogP contribution in [0.1, 0.15) is 44.6 Å². The van der Waals surface area contributed by atoms with Crippen molar-refractivity contribution in [1.29, 1.82) is 0 Å². The molecule has 238 valence electrons. The molecule has 0 radical (unpaired) electrons. The van der Waals surface area contributed by atoms with E-state index in [1.54, 1.807) is 29.4 Å². The summed E-state index contributed by atoms with van der Waals surface area (Å²) < 4.78 is 26.1. The van der Waals surface area contributed by atoms with Crippen LogP contribution in [0.25, 0.3) is 0 Å². The number of likely N-dealkylation sites (tertiary alicyclic amines) is 1. The van der Waals surface area contributed by atoms with Gasteiger partial charge < -0.3 is 39.9 Å². The number of nitrogens with one attached hydrogen (secondary N) is 1. The van der Waals surface area contributed by atoms with Gasteiger partial charge in [-0.3, -0.25) is 4.79 Å². The minimum Gasteiger partial charge on any atom is -0.493 e. The van der Waals surface area contributed by atoms with E-state index in [-0.39, 0.29) is 18.2 Å². The maximum Gasteiger partial charge on any atom is 0.227 e. The van der Waals surface area contributed by atoms with E-state index in [2.05, 4.69) is 20.2 Å². The summed E-state index contributed by atoms with van der Waals surface area (Å²) in [6.07, 6.45) is 8.22. The van der Waals surface area contributed by atoms with Crippen LogP contribution in [0.5, 0.6) is 11.5 Å². The summed E-state index contributed by atoms with van der Waals surface area (Å²) in [6, 6.07) is 4.69. The Morgan fingerprint density at radius 3 is 2.37 bits per heavy atom. The largest absolute Gasteiger partial charge is 0.493 e. The smallest absolute Gasteiger partial charge is 0.227 e. The Bertz CT molecular complexity index is 1140. The van der Waals surface area contributed by atoms with Crippen molar-refractivity contribution >= 4 is 11.9 Å². The van der Waals surface area contributed by atoms with Crippen LogP contribution in [0.2, 0.25) is 0 Å². The van der Waals surface area contributed by atoms with Crippen molar-refractivity contribution in [3.05, 3.63) is 42.0 Å². The minimum absolute atomic E-state index is 0.0273. The molecule has 2 aliphatic rings. The van der Waals surface area contributed by atoms with Crippen molar-refractivity contribution < 1.29 is 34.0 Å². The van der Waals surface area contributed by atoms with E-state index < -0.39 is 31.2 Å². The van der Waals surface area contributed by atoms with Crippen molar-refractivity contribution in [2.24, 2.45) is 11.8 Å². The summed E-state index contributed by atoms with van der Waals surface area (Å²) in [5, 5.41) is 31.5. The molecule has 3 heterocycles. The summed E-state index contributed by atoms with van der Waals surface area (Å²) in [6.45, 7) is 5.19. The standard InChI is InChI=1S/C31H46FN5O6/c1-2-42-27-17-33-30(34-18-27)36-10-7-23(8-11-36)4-3-13-43-26-6-5-25(28(32)15-26)14-29(41)37-12-9-24(19-37)16-35-31(20-38,21-39)22-40/h5-6,15,17-18,23-24,35,38-40H,2-4,7-14,16,19-22H2,1H3/t24-/m0/s1. The quantitative estimate of drug-likeness (QED) is 0.210. The number of rotatable bonds is 16. The van der Waals surface area contributed by atoms with E-state index in [1.165, 1.54) is 6.07 Å². The molecule has 0 spiro atoms. The van der Waals surface area contributed by atoms with Crippen LogP contribution in [0, 0.1) is 17.7 Å². The lowest BCUT2D eigenvalue weighted by Crippen LogP contribution is -2.56. The van der Waals surface area contributed by atoms with E-state index in [0.717, 1.165) is 51.1 Å². The molecule has 0 aliphatic carbocycles. The van der Waals surface area contributed by atoms with E-state index >= 15 is 0 Å². The third kappa shape index (κ3) is 9.21. The number of amides is 1. The van der Waals surface area contributed by atoms with Gasteiger partial charge in [-0.05, 0) is 62.5 Å². The number of ether oxygens (including phenoxy) is 2. The molecule has 1 atom stereocenters. The van der Waals surface area contributed by atoms with Gasteiger partial charge in [-0.1, -0.05) is 6.07 Å². The lowest BCUT2D eigenvalue weighted by Gasteiger charge is -2.32. The van der Waals surface area contributed by atoms with Gasteiger partial charge in [-0.25, -0.2) is 14.4 Å². The number of benzene rings is 1. The van der Waals surface area contributed by atoms with Crippen molar-refractivity contribution in [1.82, 2.24) is 20.2 Å². The highest BCUT2D eigenvalue weighted by Gasteiger charge is 2.32. The molecule has 11 nitrogen and oxygen atoms in total. The van der Waals surface area contributed by atoms with Gasteiger partial charge in [0.25, 0.3) is 0 Å². The predicted octanol–water partition coefficient (Wildman–Crippen LogP) is 1.79. The number of aliphatic hydroxyl groups excluding tert-OH is 3. The maximum absolute atomic E-state index is 14.8. The fourth-order valence-electron chi connectivity index (χ4n) is 5.64. The molecule has 1 amide bonds. The second kappa shape index (κ2) is 16.1. The van der Waals surface area contributed by atoms with Crippen LogP contribution in [-0.2, 0) is 11.2 Å². The van der Waals surface area contributed by atoms with Crippen molar-refractivity contribution in [3.8, 4) is 11.5 Å². The van der Waals surface area contributed by atoms with Gasteiger partial charge in [0.2, 0.25) is 11.9 Å². The molecule has 4 rings (SSSR count). The molecule has 0 bridgehead atoms. The highest BCUT2D eigenvalue weighted by Crippen LogP contribution is 2.26. The Morgan fingerprint density at radius 1 is 1.02 bits per heavy atom. The summed E-state index contributed by atoms with van der Waals surface area (Å²) in [7, 11) is 0. The number of hydrogen-bond donors (Lipinski definition) is 4. The van der Waals surface area contributed by atoms with E-state index in [9.17, 15) is 24.5 Å². The van der Waals surface area contributed by atoms with E-state index in [0.29, 0.717) is 55.8 Å². The van der Waals surface area contributed by atoms with Crippen molar-refractivity contribution in [2.75, 3.05) is 70.7 Å². The predicted molar refractivity (Wildman–Crippen MR) is 160 cm³/mol. The molecular formula is C31H46FN5O6. The van der Waals surface area contributed by atoms with Gasteiger partial charge in [-0.15, -0.1) is 0 Å². The molecule has 0 saturated carbocycles. The maximum atomic E-state index is 14.8. The highest BCUT2D eigenvalue weighted by molar-refractivity contribution is 5.79. The van der Waals surface area contributed by atoms with Gasteiger partial charge in [0.05, 0.1) is 57.4 Å². The molecule has 2 fully saturated rings. The second-order valence-electron chi connectivity index (χ2n) is 11.6. The summed E-state index contributed by atoms with van der Waals surface area (Å²) in [4.78, 5) is 25.6. The third-order valence-electron chi connectivity index (χ3n) is 8.53. The second-order valence-corrected chi connectivity index (χ2v) is 11.6. The Labute approximate surface area is 253 Å². The Morgan fingerprint density at radius 2 is 1.72 bits per heavy atom. The number of hydrogen-bond acceptors (Lipinski definition) is 10. The molecule has 43 heavy (non-hydrogen) atoms. The van der Waals surface area contributed by atoms with Gasteiger partial charge in [0.1, 0.15) is 11.6 Å². The zero-order valence-electron chi connectivity index (χ0n) is 25.1.